The van der Waals surface area contributed by atoms with Gasteiger partial charge < -0.3 is 24.9 Å². The summed E-state index contributed by atoms with van der Waals surface area (Å²) in [6, 6.07) is 11.6. The van der Waals surface area contributed by atoms with E-state index in [1.165, 1.54) is 0 Å². The van der Waals surface area contributed by atoms with Crippen LogP contribution in [0.4, 0.5) is 0 Å². The summed E-state index contributed by atoms with van der Waals surface area (Å²) in [5.41, 5.74) is 1.14. The van der Waals surface area contributed by atoms with Crippen LogP contribution in [0.2, 0.25) is 0 Å². The topological polar surface area (TPSA) is 79.0 Å². The average molecular weight is 487 g/mol. The monoisotopic (exact) mass is 487 g/mol. The Hall–Kier alpha value is -1.58. The molecule has 1 aromatic heterocycles. The molecule has 0 spiro atoms. The number of rotatable bonds is 9. The summed E-state index contributed by atoms with van der Waals surface area (Å²) in [6.07, 6.45) is 1.55. The van der Waals surface area contributed by atoms with Crippen LogP contribution >= 0.6 is 24.0 Å². The first-order valence-electron chi connectivity index (χ1n) is 9.00. The van der Waals surface area contributed by atoms with E-state index in [4.69, 9.17) is 9.15 Å². The van der Waals surface area contributed by atoms with Crippen LogP contribution in [0.1, 0.15) is 37.7 Å². The molecule has 2 rings (SSSR count). The zero-order valence-corrected chi connectivity index (χ0v) is 18.5. The van der Waals surface area contributed by atoms with Gasteiger partial charge >= 0.3 is 0 Å². The van der Waals surface area contributed by atoms with E-state index in [0.29, 0.717) is 31.5 Å². The first kappa shape index (κ1) is 23.5. The maximum atomic E-state index is 10.6. The van der Waals surface area contributed by atoms with Crippen molar-refractivity contribution in [1.29, 1.82) is 0 Å². The minimum Gasteiger partial charge on any atom is -0.466 e. The third-order valence-corrected chi connectivity index (χ3v) is 3.98. The van der Waals surface area contributed by atoms with Gasteiger partial charge in [-0.15, -0.1) is 24.0 Å². The number of nitrogens with zero attached hydrogens (tertiary/aromatic N) is 1. The van der Waals surface area contributed by atoms with Gasteiger partial charge in [-0.05, 0) is 44.0 Å². The molecule has 27 heavy (non-hydrogen) atoms. The van der Waals surface area contributed by atoms with Crippen molar-refractivity contribution in [2.24, 2.45) is 4.99 Å². The Bertz CT molecular complexity index is 688. The average Bonchev–Trinajstić information content (AvgIpc) is 3.19. The Morgan fingerprint density at radius 1 is 1.15 bits per heavy atom. The summed E-state index contributed by atoms with van der Waals surface area (Å²) < 4.78 is 10.8. The van der Waals surface area contributed by atoms with E-state index >= 15 is 0 Å². The molecule has 0 saturated heterocycles. The number of aliphatic imine (C=N–C) groups is 1. The van der Waals surface area contributed by atoms with Gasteiger partial charge in [0.05, 0.1) is 26.0 Å². The molecule has 0 radical (unpaired) electrons. The Kier molecular flexibility index (Phi) is 10.4. The van der Waals surface area contributed by atoms with E-state index in [9.17, 15) is 5.11 Å². The van der Waals surface area contributed by atoms with Gasteiger partial charge in [0, 0.05) is 13.2 Å². The van der Waals surface area contributed by atoms with Gasteiger partial charge in [-0.2, -0.15) is 0 Å². The number of hydrogen-bond acceptors (Lipinski definition) is 4. The second kappa shape index (κ2) is 12.0. The normalized spacial score (nSPS) is 13.6. The molecule has 6 nitrogen and oxygen atoms in total. The molecule has 2 aromatic rings. The quantitative estimate of drug-likeness (QED) is 0.287. The Morgan fingerprint density at radius 3 is 2.52 bits per heavy atom. The largest absolute Gasteiger partial charge is 0.466 e. The number of aliphatic hydroxyl groups is 1. The van der Waals surface area contributed by atoms with Gasteiger partial charge in [-0.1, -0.05) is 24.3 Å². The van der Waals surface area contributed by atoms with Crippen molar-refractivity contribution in [2.75, 3.05) is 19.7 Å². The molecule has 0 aliphatic heterocycles. The molecular weight excluding hydrogens is 457 g/mol. The van der Waals surface area contributed by atoms with Crippen molar-refractivity contribution in [3.8, 4) is 0 Å². The molecular formula is C20H30IN3O3. The minimum atomic E-state index is -1.12. The Morgan fingerprint density at radius 2 is 1.89 bits per heavy atom. The summed E-state index contributed by atoms with van der Waals surface area (Å²) in [7, 11) is 0. The van der Waals surface area contributed by atoms with Gasteiger partial charge in [-0.3, -0.25) is 0 Å². The van der Waals surface area contributed by atoms with Gasteiger partial charge in [-0.25, -0.2) is 4.99 Å². The number of nitrogens with one attached hydrogen (secondary N) is 2. The fourth-order valence-electron chi connectivity index (χ4n) is 2.50. The summed E-state index contributed by atoms with van der Waals surface area (Å²) in [5.74, 6) is 1.16. The summed E-state index contributed by atoms with van der Waals surface area (Å²) in [5, 5.41) is 16.9. The Balaban J connectivity index is 0.00000364. The zero-order valence-electron chi connectivity index (χ0n) is 16.2. The van der Waals surface area contributed by atoms with Crippen LogP contribution in [-0.4, -0.2) is 30.8 Å². The lowest BCUT2D eigenvalue weighted by atomic mass is 10.0. The second-order valence-electron chi connectivity index (χ2n) is 6.21. The van der Waals surface area contributed by atoms with E-state index in [-0.39, 0.29) is 30.5 Å². The summed E-state index contributed by atoms with van der Waals surface area (Å²) >= 11 is 0. The van der Waals surface area contributed by atoms with Crippen molar-refractivity contribution in [3.05, 3.63) is 59.5 Å². The predicted molar refractivity (Wildman–Crippen MR) is 118 cm³/mol. The highest BCUT2D eigenvalue weighted by molar-refractivity contribution is 14.0. The standard InChI is InChI=1S/C20H29N3O3.HI/c1-4-21-19(23-15-20(3,24)18-11-8-12-26-18)22-13-16-9-6-7-10-17(16)14-25-5-2;/h6-12,24H,4-5,13-15H2,1-3H3,(H2,21,22,23);1H. The van der Waals surface area contributed by atoms with Crippen LogP contribution in [0, 0.1) is 0 Å². The molecule has 1 aromatic carbocycles. The molecule has 0 fully saturated rings. The van der Waals surface area contributed by atoms with E-state index < -0.39 is 5.60 Å². The van der Waals surface area contributed by atoms with Crippen LogP contribution in [0.25, 0.3) is 0 Å². The number of ether oxygens (including phenoxy) is 1. The zero-order chi connectivity index (χ0) is 18.8. The van der Waals surface area contributed by atoms with Gasteiger partial charge in [0.25, 0.3) is 0 Å². The fraction of sp³-hybridized carbons (Fsp3) is 0.450. The van der Waals surface area contributed by atoms with E-state index in [1.54, 1.807) is 25.3 Å². The molecule has 0 amide bonds. The van der Waals surface area contributed by atoms with Crippen LogP contribution in [0.15, 0.2) is 52.1 Å². The van der Waals surface area contributed by atoms with Gasteiger partial charge in [0.15, 0.2) is 5.96 Å². The highest BCUT2D eigenvalue weighted by atomic mass is 127. The van der Waals surface area contributed by atoms with Gasteiger partial charge in [0.2, 0.25) is 0 Å². The molecule has 3 N–H and O–H groups in total. The third kappa shape index (κ3) is 7.51. The van der Waals surface area contributed by atoms with E-state index in [1.807, 2.05) is 26.0 Å². The highest BCUT2D eigenvalue weighted by Crippen LogP contribution is 2.19. The van der Waals surface area contributed by atoms with Crippen molar-refractivity contribution >= 4 is 29.9 Å². The van der Waals surface area contributed by atoms with Crippen molar-refractivity contribution in [1.82, 2.24) is 10.6 Å². The minimum absolute atomic E-state index is 0. The second-order valence-corrected chi connectivity index (χ2v) is 6.21. The molecule has 0 bridgehead atoms. The van der Waals surface area contributed by atoms with Crippen molar-refractivity contribution in [2.45, 2.75) is 39.5 Å². The van der Waals surface area contributed by atoms with Crippen LogP contribution < -0.4 is 10.6 Å². The lowest BCUT2D eigenvalue weighted by Crippen LogP contribution is -2.44. The molecule has 0 aliphatic rings. The lowest BCUT2D eigenvalue weighted by Gasteiger charge is -2.22. The first-order valence-corrected chi connectivity index (χ1v) is 9.00. The van der Waals surface area contributed by atoms with Crippen LogP contribution in [0.5, 0.6) is 0 Å². The maximum Gasteiger partial charge on any atom is 0.191 e. The third-order valence-electron chi connectivity index (χ3n) is 3.98. The number of furan rings is 1. The number of hydrogen-bond donors (Lipinski definition) is 3. The highest BCUT2D eigenvalue weighted by Gasteiger charge is 2.26. The number of guanidine groups is 1. The predicted octanol–water partition coefficient (Wildman–Crippen LogP) is 3.40. The van der Waals surface area contributed by atoms with Crippen molar-refractivity contribution in [3.63, 3.8) is 0 Å². The van der Waals surface area contributed by atoms with Crippen LogP contribution in [0.3, 0.4) is 0 Å². The Labute approximate surface area is 178 Å². The van der Waals surface area contributed by atoms with E-state index in [0.717, 1.165) is 17.7 Å². The van der Waals surface area contributed by atoms with Crippen molar-refractivity contribution < 1.29 is 14.3 Å². The molecule has 1 atom stereocenters. The molecule has 0 saturated carbocycles. The number of benzene rings is 1. The fourth-order valence-corrected chi connectivity index (χ4v) is 2.50. The molecule has 1 heterocycles. The maximum absolute atomic E-state index is 10.6. The molecule has 7 heteroatoms. The first-order chi connectivity index (χ1) is 12.6. The van der Waals surface area contributed by atoms with Gasteiger partial charge in [0.1, 0.15) is 11.4 Å². The lowest BCUT2D eigenvalue weighted by molar-refractivity contribution is 0.0386. The molecule has 150 valence electrons. The summed E-state index contributed by atoms with van der Waals surface area (Å²) in [4.78, 5) is 4.63. The smallest absolute Gasteiger partial charge is 0.191 e. The van der Waals surface area contributed by atoms with Crippen LogP contribution in [-0.2, 0) is 23.5 Å². The summed E-state index contributed by atoms with van der Waals surface area (Å²) in [6.45, 7) is 8.51. The van der Waals surface area contributed by atoms with E-state index in [2.05, 4.69) is 27.8 Å². The SMILES string of the molecule is CCNC(=NCc1ccccc1COCC)NCC(C)(O)c1ccco1.I. The number of halogens is 1. The molecule has 0 aliphatic carbocycles. The molecule has 1 unspecified atom stereocenters.